The molecule has 2 nitrogen and oxygen atoms in total. The molecule has 0 saturated carbocycles. The molecule has 0 saturated heterocycles. The quantitative estimate of drug-likeness (QED) is 0.377. The summed E-state index contributed by atoms with van der Waals surface area (Å²) in [6.07, 6.45) is 8.23. The minimum Gasteiger partial charge on any atom is -0.379 e. The normalized spacial score (nSPS) is 18.2. The fourth-order valence-electron chi connectivity index (χ4n) is 3.70. The third-order valence-electron chi connectivity index (χ3n) is 5.33. The zero-order valence-corrected chi connectivity index (χ0v) is 18.2. The fourth-order valence-corrected chi connectivity index (χ4v) is 3.70. The number of hydrogen-bond acceptors (Lipinski definition) is 1. The maximum absolute atomic E-state index is 5.11. The predicted octanol–water partition coefficient (Wildman–Crippen LogP) is 6.03. The molecule has 4 rings (SSSR count). The van der Waals surface area contributed by atoms with E-state index in [0.29, 0.717) is 0 Å². The third kappa shape index (κ3) is 3.31. The summed E-state index contributed by atoms with van der Waals surface area (Å²) in [5, 5.41) is 0. The molecule has 1 aliphatic rings. The second-order valence-electron chi connectivity index (χ2n) is 8.37. The van der Waals surface area contributed by atoms with Crippen molar-refractivity contribution in [1.82, 2.24) is 9.38 Å². The Bertz CT molecular complexity index is 949. The van der Waals surface area contributed by atoms with Crippen molar-refractivity contribution in [3.05, 3.63) is 66.6 Å². The second kappa shape index (κ2) is 6.79. The van der Waals surface area contributed by atoms with Crippen molar-refractivity contribution >= 4 is 11.1 Å². The topological polar surface area (TPSA) is 17.3 Å². The molecule has 0 fully saturated rings. The van der Waals surface area contributed by atoms with Crippen LogP contribution in [0, 0.1) is 16.9 Å². The van der Waals surface area contributed by atoms with Crippen molar-refractivity contribution in [2.24, 2.45) is 10.8 Å². The number of nitrogens with zero attached hydrogens (tertiary/aromatic N) is 2. The van der Waals surface area contributed by atoms with E-state index < -0.39 is 0 Å². The van der Waals surface area contributed by atoms with Gasteiger partial charge in [0.05, 0.1) is 11.2 Å². The average Bonchev–Trinajstić information content (AvgIpc) is 2.98. The monoisotopic (exact) mass is 522 g/mol. The maximum atomic E-state index is 5.11. The zero-order valence-electron chi connectivity index (χ0n) is 15.8. The number of pyridine rings is 1. The van der Waals surface area contributed by atoms with Crippen LogP contribution in [0.3, 0.4) is 0 Å². The first-order valence-electron chi connectivity index (χ1n) is 9.06. The molecule has 137 valence electrons. The Hall–Kier alpha value is -1.70. The Morgan fingerprint density at radius 1 is 0.923 bits per heavy atom. The van der Waals surface area contributed by atoms with Crippen LogP contribution in [0.4, 0.5) is 0 Å². The summed E-state index contributed by atoms with van der Waals surface area (Å²) in [5.74, 6) is 1.03. The Morgan fingerprint density at radius 3 is 2.35 bits per heavy atom. The predicted molar refractivity (Wildman–Crippen MR) is 104 cm³/mol. The molecule has 0 N–H and O–H groups in total. The summed E-state index contributed by atoms with van der Waals surface area (Å²) in [6, 6.07) is 16.8. The molecule has 1 aromatic carbocycles. The van der Waals surface area contributed by atoms with Gasteiger partial charge in [-0.3, -0.25) is 6.08 Å². The Kier molecular flexibility index (Phi) is 4.98. The first-order chi connectivity index (χ1) is 11.9. The van der Waals surface area contributed by atoms with E-state index in [1.54, 1.807) is 0 Å². The van der Waals surface area contributed by atoms with Crippen molar-refractivity contribution < 1.29 is 20.1 Å². The van der Waals surface area contributed by atoms with Gasteiger partial charge >= 0.3 is 0 Å². The number of fused-ring (bicyclic) bond motifs is 1. The summed E-state index contributed by atoms with van der Waals surface area (Å²) < 4.78 is 2.23. The van der Waals surface area contributed by atoms with Crippen molar-refractivity contribution in [1.29, 1.82) is 0 Å². The molecule has 0 spiro atoms. The first-order valence-corrected chi connectivity index (χ1v) is 9.06. The number of rotatable bonds is 2. The molecule has 0 amide bonds. The molecule has 2 heterocycles. The average molecular weight is 522 g/mol. The van der Waals surface area contributed by atoms with E-state index in [2.05, 4.69) is 86.8 Å². The molecule has 3 heteroatoms. The molecule has 2 aromatic heterocycles. The van der Waals surface area contributed by atoms with E-state index in [4.69, 9.17) is 4.98 Å². The zero-order chi connectivity index (χ0) is 17.7. The van der Waals surface area contributed by atoms with Crippen molar-refractivity contribution in [3.63, 3.8) is 0 Å². The SMILES string of the molecule is CC1(C)[C-]=C(c2nc(-c3ccccc3)c3ccccn23)C(C)(C)CC1.[Ir]. The van der Waals surface area contributed by atoms with E-state index in [9.17, 15) is 0 Å². The van der Waals surface area contributed by atoms with Gasteiger partial charge in [0.2, 0.25) is 0 Å². The van der Waals surface area contributed by atoms with E-state index in [0.717, 1.165) is 29.0 Å². The van der Waals surface area contributed by atoms with Gasteiger partial charge in [0.1, 0.15) is 0 Å². The van der Waals surface area contributed by atoms with Gasteiger partial charge in [-0.25, -0.2) is 0 Å². The van der Waals surface area contributed by atoms with Gasteiger partial charge in [-0.1, -0.05) is 75.9 Å². The van der Waals surface area contributed by atoms with Gasteiger partial charge in [0, 0.05) is 25.7 Å². The molecule has 0 unspecified atom stereocenters. The number of imidazole rings is 1. The van der Waals surface area contributed by atoms with E-state index >= 15 is 0 Å². The van der Waals surface area contributed by atoms with E-state index in [1.807, 2.05) is 6.07 Å². The van der Waals surface area contributed by atoms with E-state index in [-0.39, 0.29) is 30.9 Å². The summed E-state index contributed by atoms with van der Waals surface area (Å²) in [6.45, 7) is 9.18. The van der Waals surface area contributed by atoms with Crippen LogP contribution in [0.2, 0.25) is 0 Å². The molecular weight excluding hydrogens is 496 g/mol. The van der Waals surface area contributed by atoms with Crippen molar-refractivity contribution in [2.45, 2.75) is 40.5 Å². The number of hydrogen-bond donors (Lipinski definition) is 0. The third-order valence-corrected chi connectivity index (χ3v) is 5.33. The van der Waals surface area contributed by atoms with Crippen molar-refractivity contribution in [3.8, 4) is 11.3 Å². The fraction of sp³-hybridized carbons (Fsp3) is 0.348. The molecule has 0 atom stereocenters. The van der Waals surface area contributed by atoms with Gasteiger partial charge < -0.3 is 9.38 Å². The van der Waals surface area contributed by atoms with Crippen LogP contribution in [0.5, 0.6) is 0 Å². The van der Waals surface area contributed by atoms with Gasteiger partial charge in [-0.2, -0.15) is 5.57 Å². The van der Waals surface area contributed by atoms with Crippen LogP contribution in [0.1, 0.15) is 46.4 Å². The van der Waals surface area contributed by atoms with Crippen LogP contribution in [-0.4, -0.2) is 9.38 Å². The summed E-state index contributed by atoms with van der Waals surface area (Å²) in [4.78, 5) is 5.11. The van der Waals surface area contributed by atoms with Gasteiger partial charge in [-0.05, 0) is 36.0 Å². The second-order valence-corrected chi connectivity index (χ2v) is 8.37. The molecule has 3 aromatic rings. The van der Waals surface area contributed by atoms with Crippen LogP contribution in [-0.2, 0) is 20.1 Å². The molecule has 0 aliphatic heterocycles. The smallest absolute Gasteiger partial charge is 0.0742 e. The summed E-state index contributed by atoms with van der Waals surface area (Å²) >= 11 is 0. The Morgan fingerprint density at radius 2 is 1.62 bits per heavy atom. The van der Waals surface area contributed by atoms with Gasteiger partial charge in [0.15, 0.2) is 0 Å². The number of allylic oxidation sites excluding steroid dienone is 2. The number of aromatic nitrogens is 2. The minimum absolute atomic E-state index is 0. The van der Waals surface area contributed by atoms with Crippen LogP contribution in [0.25, 0.3) is 22.3 Å². The van der Waals surface area contributed by atoms with Crippen molar-refractivity contribution in [2.75, 3.05) is 0 Å². The molecule has 0 bridgehead atoms. The molecule has 1 aliphatic carbocycles. The minimum atomic E-state index is 0. The van der Waals surface area contributed by atoms with Gasteiger partial charge in [0.25, 0.3) is 0 Å². The molecular formula is C23H25IrN2-. The standard InChI is InChI=1S/C23H25N2.Ir/c1-22(2)13-14-23(3,4)18(16-22)21-24-20(17-10-6-5-7-11-17)19-12-8-9-15-25(19)21;/h5-12,15H,13-14H2,1-4H3;/q-1;. The largest absolute Gasteiger partial charge is 0.379 e. The molecule has 1 radical (unpaired) electrons. The van der Waals surface area contributed by atoms with E-state index in [1.165, 1.54) is 12.0 Å². The Balaban J connectivity index is 0.00000196. The summed E-state index contributed by atoms with van der Waals surface area (Å²) in [5.41, 5.74) is 4.78. The summed E-state index contributed by atoms with van der Waals surface area (Å²) in [7, 11) is 0. The first kappa shape index (κ1) is 19.1. The maximum Gasteiger partial charge on any atom is 0.0742 e. The number of benzene rings is 1. The van der Waals surface area contributed by atoms with Crippen LogP contribution in [0.15, 0.2) is 54.7 Å². The van der Waals surface area contributed by atoms with Crippen LogP contribution < -0.4 is 0 Å². The Labute approximate surface area is 169 Å². The van der Waals surface area contributed by atoms with Crippen LogP contribution >= 0.6 is 0 Å². The van der Waals surface area contributed by atoms with Gasteiger partial charge in [-0.15, -0.1) is 0 Å². The molecule has 26 heavy (non-hydrogen) atoms.